The SMILES string of the molecule is Cc1ccc(CC(=O)N(Cc2ccccc2F)C(C)C(=O)NC2CCCCC2)cc1C. The smallest absolute Gasteiger partial charge is 0.242 e. The number of carbonyl (C=O) groups excluding carboxylic acids is 2. The Morgan fingerprint density at radius 3 is 2.45 bits per heavy atom. The fourth-order valence-corrected chi connectivity index (χ4v) is 4.15. The van der Waals surface area contributed by atoms with E-state index in [1.807, 2.05) is 32.0 Å². The molecule has 1 atom stereocenters. The van der Waals surface area contributed by atoms with Crippen molar-refractivity contribution in [1.29, 1.82) is 0 Å². The van der Waals surface area contributed by atoms with Gasteiger partial charge in [0.25, 0.3) is 0 Å². The Hall–Kier alpha value is -2.69. The molecule has 0 aromatic heterocycles. The van der Waals surface area contributed by atoms with E-state index in [4.69, 9.17) is 0 Å². The van der Waals surface area contributed by atoms with E-state index in [-0.39, 0.29) is 36.6 Å². The van der Waals surface area contributed by atoms with Gasteiger partial charge >= 0.3 is 0 Å². The zero-order valence-electron chi connectivity index (χ0n) is 18.8. The minimum absolute atomic E-state index is 0.0651. The van der Waals surface area contributed by atoms with Crippen LogP contribution in [0, 0.1) is 19.7 Å². The minimum atomic E-state index is -0.680. The molecule has 0 radical (unpaired) electrons. The Labute approximate surface area is 184 Å². The number of aryl methyl sites for hydroxylation is 2. The summed E-state index contributed by atoms with van der Waals surface area (Å²) in [5.41, 5.74) is 3.59. The molecule has 0 aliphatic heterocycles. The second-order valence-corrected chi connectivity index (χ2v) is 8.73. The van der Waals surface area contributed by atoms with E-state index < -0.39 is 6.04 Å². The van der Waals surface area contributed by atoms with Crippen molar-refractivity contribution in [1.82, 2.24) is 10.2 Å². The molecule has 0 heterocycles. The summed E-state index contributed by atoms with van der Waals surface area (Å²) < 4.78 is 14.3. The predicted molar refractivity (Wildman–Crippen MR) is 121 cm³/mol. The van der Waals surface area contributed by atoms with Crippen LogP contribution in [0.25, 0.3) is 0 Å². The summed E-state index contributed by atoms with van der Waals surface area (Å²) in [5.74, 6) is -0.721. The molecular weight excluding hydrogens is 391 g/mol. The number of nitrogens with one attached hydrogen (secondary N) is 1. The van der Waals surface area contributed by atoms with E-state index >= 15 is 0 Å². The van der Waals surface area contributed by atoms with Gasteiger partial charge in [0.1, 0.15) is 11.9 Å². The molecule has 3 rings (SSSR count). The Bertz CT molecular complexity index is 921. The van der Waals surface area contributed by atoms with Gasteiger partial charge in [-0.1, -0.05) is 55.7 Å². The lowest BCUT2D eigenvalue weighted by atomic mass is 9.95. The minimum Gasteiger partial charge on any atom is -0.352 e. The average molecular weight is 425 g/mol. The first-order valence-electron chi connectivity index (χ1n) is 11.2. The standard InChI is InChI=1S/C26H33FN2O2/c1-18-13-14-21(15-19(18)2)16-25(30)29(17-22-9-7-8-12-24(22)27)20(3)26(31)28-23-10-5-4-6-11-23/h7-9,12-15,20,23H,4-6,10-11,16-17H2,1-3H3,(H,28,31). The molecule has 166 valence electrons. The summed E-state index contributed by atoms with van der Waals surface area (Å²) in [6.07, 6.45) is 5.56. The first-order valence-corrected chi connectivity index (χ1v) is 11.2. The highest BCUT2D eigenvalue weighted by Crippen LogP contribution is 2.19. The lowest BCUT2D eigenvalue weighted by Gasteiger charge is -2.31. The number of carbonyl (C=O) groups is 2. The van der Waals surface area contributed by atoms with Gasteiger partial charge in [-0.25, -0.2) is 4.39 Å². The van der Waals surface area contributed by atoms with Gasteiger partial charge in [0.15, 0.2) is 0 Å². The summed E-state index contributed by atoms with van der Waals surface area (Å²) >= 11 is 0. The summed E-state index contributed by atoms with van der Waals surface area (Å²) in [4.78, 5) is 27.8. The molecule has 0 spiro atoms. The Morgan fingerprint density at radius 1 is 1.06 bits per heavy atom. The van der Waals surface area contributed by atoms with Crippen molar-refractivity contribution in [2.24, 2.45) is 0 Å². The zero-order valence-corrected chi connectivity index (χ0v) is 18.8. The maximum Gasteiger partial charge on any atom is 0.242 e. The molecule has 1 unspecified atom stereocenters. The van der Waals surface area contributed by atoms with Gasteiger partial charge in [-0.3, -0.25) is 9.59 Å². The molecule has 2 aromatic rings. The van der Waals surface area contributed by atoms with Crippen LogP contribution >= 0.6 is 0 Å². The van der Waals surface area contributed by atoms with Gasteiger partial charge in [0, 0.05) is 18.2 Å². The van der Waals surface area contributed by atoms with Gasteiger partial charge in [-0.2, -0.15) is 0 Å². The summed E-state index contributed by atoms with van der Waals surface area (Å²) in [6.45, 7) is 5.84. The third-order valence-corrected chi connectivity index (χ3v) is 6.34. The van der Waals surface area contributed by atoms with Crippen LogP contribution in [0.5, 0.6) is 0 Å². The van der Waals surface area contributed by atoms with E-state index in [1.54, 1.807) is 25.1 Å². The van der Waals surface area contributed by atoms with Gasteiger partial charge in [0.2, 0.25) is 11.8 Å². The van der Waals surface area contributed by atoms with Gasteiger partial charge in [0.05, 0.1) is 6.42 Å². The van der Waals surface area contributed by atoms with Crippen LogP contribution in [0.4, 0.5) is 4.39 Å². The van der Waals surface area contributed by atoms with Gasteiger partial charge in [-0.05, 0) is 56.4 Å². The van der Waals surface area contributed by atoms with Crippen molar-refractivity contribution < 1.29 is 14.0 Å². The van der Waals surface area contributed by atoms with E-state index in [1.165, 1.54) is 23.0 Å². The Balaban J connectivity index is 1.78. The fraction of sp³-hybridized carbons (Fsp3) is 0.462. The highest BCUT2D eigenvalue weighted by atomic mass is 19.1. The topological polar surface area (TPSA) is 49.4 Å². The number of nitrogens with zero attached hydrogens (tertiary/aromatic N) is 1. The molecule has 2 amide bonds. The largest absolute Gasteiger partial charge is 0.352 e. The van der Waals surface area contributed by atoms with E-state index in [0.29, 0.717) is 5.56 Å². The van der Waals surface area contributed by atoms with E-state index in [2.05, 4.69) is 5.32 Å². The zero-order chi connectivity index (χ0) is 22.4. The molecule has 0 bridgehead atoms. The highest BCUT2D eigenvalue weighted by molar-refractivity contribution is 5.88. The van der Waals surface area contributed by atoms with Crippen LogP contribution in [0.3, 0.4) is 0 Å². The molecule has 4 nitrogen and oxygen atoms in total. The van der Waals surface area contributed by atoms with Crippen molar-refractivity contribution in [3.63, 3.8) is 0 Å². The summed E-state index contributed by atoms with van der Waals surface area (Å²) in [5, 5.41) is 3.11. The third kappa shape index (κ3) is 6.16. The maximum atomic E-state index is 14.3. The fourth-order valence-electron chi connectivity index (χ4n) is 4.15. The third-order valence-electron chi connectivity index (χ3n) is 6.34. The lowest BCUT2D eigenvalue weighted by molar-refractivity contribution is -0.140. The Morgan fingerprint density at radius 2 is 1.77 bits per heavy atom. The number of benzene rings is 2. The number of hydrogen-bond donors (Lipinski definition) is 1. The van der Waals surface area contributed by atoms with Crippen LogP contribution < -0.4 is 5.32 Å². The first kappa shape index (κ1) is 23.0. The predicted octanol–water partition coefficient (Wildman–Crippen LogP) is 4.85. The van der Waals surface area contributed by atoms with Gasteiger partial charge < -0.3 is 10.2 Å². The van der Waals surface area contributed by atoms with E-state index in [0.717, 1.165) is 36.8 Å². The van der Waals surface area contributed by atoms with Crippen LogP contribution in [0.2, 0.25) is 0 Å². The molecule has 31 heavy (non-hydrogen) atoms. The normalized spacial score (nSPS) is 15.4. The van der Waals surface area contributed by atoms with Crippen molar-refractivity contribution in [3.05, 3.63) is 70.5 Å². The second-order valence-electron chi connectivity index (χ2n) is 8.73. The highest BCUT2D eigenvalue weighted by Gasteiger charge is 2.28. The molecule has 1 aliphatic carbocycles. The second kappa shape index (κ2) is 10.6. The molecule has 1 fully saturated rings. The number of halogens is 1. The van der Waals surface area contributed by atoms with Crippen molar-refractivity contribution >= 4 is 11.8 Å². The number of hydrogen-bond acceptors (Lipinski definition) is 2. The molecule has 2 aromatic carbocycles. The quantitative estimate of drug-likeness (QED) is 0.691. The molecule has 0 saturated heterocycles. The van der Waals surface area contributed by atoms with Crippen LogP contribution in [0.15, 0.2) is 42.5 Å². The molecule has 5 heteroatoms. The molecule has 1 aliphatic rings. The Kier molecular flexibility index (Phi) is 7.83. The maximum absolute atomic E-state index is 14.3. The molecule has 1 saturated carbocycles. The number of rotatable bonds is 7. The van der Waals surface area contributed by atoms with Crippen molar-refractivity contribution in [2.45, 2.75) is 77.9 Å². The number of amides is 2. The van der Waals surface area contributed by atoms with Crippen molar-refractivity contribution in [3.8, 4) is 0 Å². The van der Waals surface area contributed by atoms with Gasteiger partial charge in [-0.15, -0.1) is 0 Å². The summed E-state index contributed by atoms with van der Waals surface area (Å²) in [6, 6.07) is 11.8. The van der Waals surface area contributed by atoms with Crippen LogP contribution in [-0.2, 0) is 22.6 Å². The first-order chi connectivity index (χ1) is 14.8. The monoisotopic (exact) mass is 424 g/mol. The van der Waals surface area contributed by atoms with Crippen LogP contribution in [0.1, 0.15) is 61.3 Å². The molecule has 1 N–H and O–H groups in total. The van der Waals surface area contributed by atoms with Crippen LogP contribution in [-0.4, -0.2) is 28.8 Å². The average Bonchev–Trinajstić information content (AvgIpc) is 2.76. The van der Waals surface area contributed by atoms with Crippen molar-refractivity contribution in [2.75, 3.05) is 0 Å². The summed E-state index contributed by atoms with van der Waals surface area (Å²) in [7, 11) is 0. The molecular formula is C26H33FN2O2. The lowest BCUT2D eigenvalue weighted by Crippen LogP contribution is -2.50. The van der Waals surface area contributed by atoms with E-state index in [9.17, 15) is 14.0 Å².